The van der Waals surface area contributed by atoms with Gasteiger partial charge in [0.15, 0.2) is 0 Å². The van der Waals surface area contributed by atoms with Crippen molar-refractivity contribution in [2.24, 2.45) is 0 Å². The molecule has 0 saturated carbocycles. The van der Waals surface area contributed by atoms with E-state index in [1.54, 1.807) is 0 Å². The van der Waals surface area contributed by atoms with Crippen LogP contribution in [-0.4, -0.2) is 8.75 Å². The maximum atomic E-state index is 4.68. The molecule has 3 aromatic heterocycles. The van der Waals surface area contributed by atoms with Crippen LogP contribution in [0, 0.1) is 0 Å². The maximum Gasteiger partial charge on any atom is 0.114 e. The van der Waals surface area contributed by atoms with E-state index in [9.17, 15) is 0 Å². The van der Waals surface area contributed by atoms with Crippen LogP contribution in [-0.2, 0) is 5.41 Å². The fourth-order valence-corrected chi connectivity index (χ4v) is 8.05. The third-order valence-electron chi connectivity index (χ3n) is 5.75. The molecule has 0 amide bonds. The van der Waals surface area contributed by atoms with Crippen molar-refractivity contribution >= 4 is 61.4 Å². The highest BCUT2D eigenvalue weighted by atomic mass is 79.9. The molecule has 0 radical (unpaired) electrons. The van der Waals surface area contributed by atoms with Crippen LogP contribution in [0.3, 0.4) is 0 Å². The summed E-state index contributed by atoms with van der Waals surface area (Å²) in [6.07, 6.45) is 0. The zero-order chi connectivity index (χ0) is 19.8. The van der Waals surface area contributed by atoms with Crippen molar-refractivity contribution in [3.05, 3.63) is 69.5 Å². The fraction of sp³-hybridized carbons (Fsp3) is 0.130. The van der Waals surface area contributed by atoms with Gasteiger partial charge in [0.2, 0.25) is 0 Å². The number of aromatic nitrogens is 2. The number of nitrogens with zero attached hydrogens (tertiary/aromatic N) is 2. The van der Waals surface area contributed by atoms with Crippen LogP contribution >= 0.6 is 50.3 Å². The van der Waals surface area contributed by atoms with Gasteiger partial charge in [-0.1, -0.05) is 56.3 Å². The second-order valence-electron chi connectivity index (χ2n) is 7.76. The molecule has 0 saturated heterocycles. The zero-order valence-corrected chi connectivity index (χ0v) is 19.7. The van der Waals surface area contributed by atoms with E-state index >= 15 is 0 Å². The average molecular weight is 495 g/mol. The summed E-state index contributed by atoms with van der Waals surface area (Å²) in [5, 5.41) is 0. The lowest BCUT2D eigenvalue weighted by Gasteiger charge is -2.19. The Labute approximate surface area is 189 Å². The molecule has 142 valence electrons. The molecule has 0 bridgehead atoms. The van der Waals surface area contributed by atoms with Gasteiger partial charge in [-0.05, 0) is 44.8 Å². The molecule has 0 N–H and O–H groups in total. The minimum atomic E-state index is 0.0331. The summed E-state index contributed by atoms with van der Waals surface area (Å²) in [5.41, 5.74) is 8.39. The van der Waals surface area contributed by atoms with Crippen LogP contribution in [0.2, 0.25) is 0 Å². The van der Waals surface area contributed by atoms with E-state index in [1.807, 2.05) is 28.7 Å². The van der Waals surface area contributed by atoms with E-state index in [0.717, 1.165) is 16.6 Å². The van der Waals surface area contributed by atoms with Crippen molar-refractivity contribution < 1.29 is 0 Å². The second-order valence-corrected chi connectivity index (χ2v) is 11.8. The first-order valence-corrected chi connectivity index (χ1v) is 12.5. The third kappa shape index (κ3) is 2.56. The monoisotopic (exact) mass is 494 g/mol. The molecule has 0 aliphatic heterocycles. The quantitative estimate of drug-likeness (QED) is 0.247. The normalized spacial score (nSPS) is 14.3. The van der Waals surface area contributed by atoms with Gasteiger partial charge < -0.3 is 0 Å². The lowest BCUT2D eigenvalue weighted by Crippen LogP contribution is -2.13. The SMILES string of the molecule is CC1(C)c2cc(Br)sc2-c2sc(-c3ccc(-c4ccccc4)c4nsnc34)cc21. The summed E-state index contributed by atoms with van der Waals surface area (Å²) in [5.74, 6) is 0. The first-order chi connectivity index (χ1) is 14.0. The summed E-state index contributed by atoms with van der Waals surface area (Å²) in [6, 6.07) is 19.5. The van der Waals surface area contributed by atoms with E-state index in [1.165, 1.54) is 52.4 Å². The summed E-state index contributed by atoms with van der Waals surface area (Å²) < 4.78 is 10.5. The molecule has 0 atom stereocenters. The lowest BCUT2D eigenvalue weighted by molar-refractivity contribution is 0.663. The number of rotatable bonds is 2. The highest BCUT2D eigenvalue weighted by Crippen LogP contribution is 2.57. The average Bonchev–Trinajstić information content (AvgIpc) is 3.47. The van der Waals surface area contributed by atoms with Gasteiger partial charge in [-0.25, -0.2) is 0 Å². The Bertz CT molecular complexity index is 1390. The minimum absolute atomic E-state index is 0.0331. The minimum Gasteiger partial charge on any atom is -0.172 e. The number of thiophene rings is 2. The molecule has 29 heavy (non-hydrogen) atoms. The van der Waals surface area contributed by atoms with Crippen molar-refractivity contribution in [1.82, 2.24) is 8.75 Å². The van der Waals surface area contributed by atoms with Gasteiger partial charge in [-0.2, -0.15) is 8.75 Å². The first kappa shape index (κ1) is 18.0. The van der Waals surface area contributed by atoms with Crippen molar-refractivity contribution in [2.45, 2.75) is 19.3 Å². The topological polar surface area (TPSA) is 25.8 Å². The Morgan fingerprint density at radius 3 is 2.24 bits per heavy atom. The fourth-order valence-electron chi connectivity index (χ4n) is 4.21. The molecule has 2 nitrogen and oxygen atoms in total. The molecule has 1 aliphatic carbocycles. The van der Waals surface area contributed by atoms with Crippen LogP contribution in [0.15, 0.2) is 58.4 Å². The van der Waals surface area contributed by atoms with Gasteiger partial charge in [0.05, 0.1) is 15.5 Å². The van der Waals surface area contributed by atoms with Gasteiger partial charge in [0.25, 0.3) is 0 Å². The Balaban J connectivity index is 1.55. The van der Waals surface area contributed by atoms with Gasteiger partial charge in [0.1, 0.15) is 11.0 Å². The van der Waals surface area contributed by atoms with Gasteiger partial charge in [-0.3, -0.25) is 0 Å². The van der Waals surface area contributed by atoms with Gasteiger partial charge >= 0.3 is 0 Å². The van der Waals surface area contributed by atoms with Crippen LogP contribution < -0.4 is 0 Å². The Morgan fingerprint density at radius 2 is 1.45 bits per heavy atom. The molecule has 5 aromatic rings. The standard InChI is InChI=1S/C23H15BrN2S3/c1-23(2)15-10-17(27-21(15)22-16(23)11-18(24)28-22)14-9-8-13(12-6-4-3-5-7-12)19-20(14)26-29-25-19/h3-11H,1-2H3. The van der Waals surface area contributed by atoms with E-state index in [-0.39, 0.29) is 5.41 Å². The van der Waals surface area contributed by atoms with Gasteiger partial charge in [-0.15, -0.1) is 22.7 Å². The van der Waals surface area contributed by atoms with Crippen LogP contribution in [0.4, 0.5) is 0 Å². The zero-order valence-electron chi connectivity index (χ0n) is 15.7. The molecule has 0 fully saturated rings. The van der Waals surface area contributed by atoms with Crippen molar-refractivity contribution in [3.8, 4) is 31.3 Å². The third-order valence-corrected chi connectivity index (χ3v) is 9.25. The summed E-state index contributed by atoms with van der Waals surface area (Å²) in [7, 11) is 0. The van der Waals surface area contributed by atoms with E-state index in [2.05, 4.69) is 87.1 Å². The van der Waals surface area contributed by atoms with Gasteiger partial charge in [0, 0.05) is 31.2 Å². The molecule has 0 spiro atoms. The summed E-state index contributed by atoms with van der Waals surface area (Å²) in [4.78, 5) is 4.08. The van der Waals surface area contributed by atoms with E-state index in [4.69, 9.17) is 0 Å². The van der Waals surface area contributed by atoms with Crippen molar-refractivity contribution in [2.75, 3.05) is 0 Å². The summed E-state index contributed by atoms with van der Waals surface area (Å²) in [6.45, 7) is 4.65. The lowest BCUT2D eigenvalue weighted by atomic mass is 9.84. The number of halogens is 1. The van der Waals surface area contributed by atoms with Crippen LogP contribution in [0.25, 0.3) is 42.4 Å². The molecule has 6 heteroatoms. The molecule has 6 rings (SSSR count). The highest BCUT2D eigenvalue weighted by molar-refractivity contribution is 9.11. The van der Waals surface area contributed by atoms with Crippen LogP contribution in [0.1, 0.15) is 25.0 Å². The van der Waals surface area contributed by atoms with E-state index in [0.29, 0.717) is 0 Å². The highest BCUT2D eigenvalue weighted by Gasteiger charge is 2.39. The summed E-state index contributed by atoms with van der Waals surface area (Å²) >= 11 is 8.69. The Hall–Kier alpha value is -1.86. The molecular weight excluding hydrogens is 480 g/mol. The van der Waals surface area contributed by atoms with E-state index < -0.39 is 0 Å². The molecule has 3 heterocycles. The first-order valence-electron chi connectivity index (χ1n) is 9.29. The smallest absolute Gasteiger partial charge is 0.114 e. The maximum absolute atomic E-state index is 4.68. The van der Waals surface area contributed by atoms with Crippen molar-refractivity contribution in [3.63, 3.8) is 0 Å². The predicted molar refractivity (Wildman–Crippen MR) is 129 cm³/mol. The van der Waals surface area contributed by atoms with Crippen molar-refractivity contribution in [1.29, 1.82) is 0 Å². The number of benzene rings is 2. The Morgan fingerprint density at radius 1 is 0.793 bits per heavy atom. The Kier molecular flexibility index (Phi) is 3.91. The largest absolute Gasteiger partial charge is 0.172 e. The predicted octanol–water partition coefficient (Wildman–Crippen LogP) is 8.22. The van der Waals surface area contributed by atoms with Crippen LogP contribution in [0.5, 0.6) is 0 Å². The number of hydrogen-bond donors (Lipinski definition) is 0. The number of fused-ring (bicyclic) bond motifs is 4. The number of hydrogen-bond acceptors (Lipinski definition) is 5. The molecular formula is C23H15BrN2S3. The molecule has 0 unspecified atom stereocenters. The molecule has 1 aliphatic rings. The molecule has 2 aromatic carbocycles. The second kappa shape index (κ2) is 6.32.